The van der Waals surface area contributed by atoms with E-state index in [2.05, 4.69) is 29.2 Å². The molecular formula is C16H27N3O. The van der Waals surface area contributed by atoms with E-state index in [0.717, 1.165) is 42.6 Å². The lowest BCUT2D eigenvalue weighted by molar-refractivity contribution is 0.235. The number of piperidine rings is 1. The second-order valence-electron chi connectivity index (χ2n) is 5.96. The van der Waals surface area contributed by atoms with E-state index in [4.69, 9.17) is 4.74 Å². The number of nitrogens with zero attached hydrogens (tertiary/aromatic N) is 2. The molecule has 4 heteroatoms. The van der Waals surface area contributed by atoms with Gasteiger partial charge in [0.1, 0.15) is 5.75 Å². The summed E-state index contributed by atoms with van der Waals surface area (Å²) < 4.78 is 5.48. The molecule has 0 aliphatic carbocycles. The first-order valence-corrected chi connectivity index (χ1v) is 7.50. The van der Waals surface area contributed by atoms with Crippen molar-refractivity contribution in [1.82, 2.24) is 15.2 Å². The van der Waals surface area contributed by atoms with E-state index < -0.39 is 0 Å². The van der Waals surface area contributed by atoms with Gasteiger partial charge in [-0.25, -0.2) is 0 Å². The van der Waals surface area contributed by atoms with Crippen LogP contribution in [0.5, 0.6) is 5.75 Å². The number of ether oxygens (including phenoxy) is 1. The van der Waals surface area contributed by atoms with E-state index in [-0.39, 0.29) is 0 Å². The van der Waals surface area contributed by atoms with Gasteiger partial charge in [0.05, 0.1) is 12.8 Å². The third-order valence-corrected chi connectivity index (χ3v) is 4.14. The van der Waals surface area contributed by atoms with Crippen LogP contribution in [0.2, 0.25) is 0 Å². The van der Waals surface area contributed by atoms with Gasteiger partial charge < -0.3 is 15.0 Å². The number of rotatable bonds is 5. The molecule has 1 fully saturated rings. The zero-order chi connectivity index (χ0) is 14.5. The molecule has 1 aromatic heterocycles. The molecule has 112 valence electrons. The van der Waals surface area contributed by atoms with E-state index in [1.54, 1.807) is 7.11 Å². The lowest BCUT2D eigenvalue weighted by atomic mass is 9.99. The Kier molecular flexibility index (Phi) is 5.38. The molecule has 0 spiro atoms. The van der Waals surface area contributed by atoms with Crippen molar-refractivity contribution in [3.63, 3.8) is 0 Å². The summed E-state index contributed by atoms with van der Waals surface area (Å²) in [5, 5.41) is 3.48. The summed E-state index contributed by atoms with van der Waals surface area (Å²) in [5.74, 6) is 1.74. The molecule has 0 amide bonds. The summed E-state index contributed by atoms with van der Waals surface area (Å²) in [5.41, 5.74) is 3.40. The summed E-state index contributed by atoms with van der Waals surface area (Å²) in [7, 11) is 3.92. The molecule has 2 heterocycles. The molecule has 1 N–H and O–H groups in total. The van der Waals surface area contributed by atoms with Gasteiger partial charge in [0, 0.05) is 30.4 Å². The molecule has 1 aliphatic rings. The standard InChI is InChI=1S/C16H27N3O/c1-12-8-18-15(13(2)16(12)20-4)11-19(3)10-14-6-5-7-17-9-14/h8,14,17H,5-7,9-11H2,1-4H3. The molecule has 20 heavy (non-hydrogen) atoms. The van der Waals surface area contributed by atoms with Crippen molar-refractivity contribution < 1.29 is 4.74 Å². The van der Waals surface area contributed by atoms with Crippen molar-refractivity contribution >= 4 is 0 Å². The van der Waals surface area contributed by atoms with Crippen LogP contribution in [0.3, 0.4) is 0 Å². The average molecular weight is 277 g/mol. The molecule has 1 saturated heterocycles. The van der Waals surface area contributed by atoms with Crippen LogP contribution in [-0.2, 0) is 6.54 Å². The van der Waals surface area contributed by atoms with Crippen LogP contribution < -0.4 is 10.1 Å². The van der Waals surface area contributed by atoms with Crippen molar-refractivity contribution in [3.8, 4) is 5.75 Å². The van der Waals surface area contributed by atoms with Crippen molar-refractivity contribution in [2.45, 2.75) is 33.2 Å². The third-order valence-electron chi connectivity index (χ3n) is 4.14. The van der Waals surface area contributed by atoms with Crippen molar-refractivity contribution in [2.75, 3.05) is 33.8 Å². The highest BCUT2D eigenvalue weighted by Gasteiger charge is 2.17. The van der Waals surface area contributed by atoms with E-state index in [0.29, 0.717) is 0 Å². The zero-order valence-corrected chi connectivity index (χ0v) is 13.2. The van der Waals surface area contributed by atoms with Gasteiger partial charge in [-0.1, -0.05) is 0 Å². The minimum atomic E-state index is 0.765. The summed E-state index contributed by atoms with van der Waals surface area (Å²) >= 11 is 0. The highest BCUT2D eigenvalue weighted by Crippen LogP contribution is 2.24. The van der Waals surface area contributed by atoms with Crippen LogP contribution in [0, 0.1) is 19.8 Å². The second-order valence-corrected chi connectivity index (χ2v) is 5.96. The molecule has 0 saturated carbocycles. The Hall–Kier alpha value is -1.13. The normalized spacial score (nSPS) is 19.4. The monoisotopic (exact) mass is 277 g/mol. The van der Waals surface area contributed by atoms with Crippen LogP contribution in [0.4, 0.5) is 0 Å². The van der Waals surface area contributed by atoms with Gasteiger partial charge in [0.2, 0.25) is 0 Å². The van der Waals surface area contributed by atoms with E-state index in [1.807, 2.05) is 13.1 Å². The lowest BCUT2D eigenvalue weighted by Crippen LogP contribution is -2.36. The van der Waals surface area contributed by atoms with Crippen LogP contribution in [0.15, 0.2) is 6.20 Å². The number of methoxy groups -OCH3 is 1. The molecule has 1 atom stereocenters. The Balaban J connectivity index is 1.98. The molecule has 1 aliphatic heterocycles. The molecular weight excluding hydrogens is 250 g/mol. The van der Waals surface area contributed by atoms with Gasteiger partial charge in [0.15, 0.2) is 0 Å². The maximum absolute atomic E-state index is 5.48. The topological polar surface area (TPSA) is 37.4 Å². The zero-order valence-electron chi connectivity index (χ0n) is 13.2. The number of nitrogens with one attached hydrogen (secondary N) is 1. The first-order valence-electron chi connectivity index (χ1n) is 7.50. The molecule has 0 radical (unpaired) electrons. The first-order chi connectivity index (χ1) is 9.61. The number of hydrogen-bond donors (Lipinski definition) is 1. The maximum Gasteiger partial charge on any atom is 0.128 e. The number of pyridine rings is 1. The fourth-order valence-corrected chi connectivity index (χ4v) is 3.07. The van der Waals surface area contributed by atoms with Gasteiger partial charge in [-0.15, -0.1) is 0 Å². The lowest BCUT2D eigenvalue weighted by Gasteiger charge is -2.27. The number of hydrogen-bond acceptors (Lipinski definition) is 4. The Morgan fingerprint density at radius 1 is 1.45 bits per heavy atom. The quantitative estimate of drug-likeness (QED) is 0.895. The van der Waals surface area contributed by atoms with Crippen molar-refractivity contribution in [2.24, 2.45) is 5.92 Å². The van der Waals surface area contributed by atoms with Crippen LogP contribution in [0.1, 0.15) is 29.7 Å². The van der Waals surface area contributed by atoms with Gasteiger partial charge >= 0.3 is 0 Å². The molecule has 4 nitrogen and oxygen atoms in total. The van der Waals surface area contributed by atoms with Gasteiger partial charge in [-0.2, -0.15) is 0 Å². The highest BCUT2D eigenvalue weighted by molar-refractivity contribution is 5.40. The predicted octanol–water partition coefficient (Wildman–Crippen LogP) is 2.14. The highest BCUT2D eigenvalue weighted by atomic mass is 16.5. The number of aryl methyl sites for hydroxylation is 1. The summed E-state index contributed by atoms with van der Waals surface area (Å²) in [6.07, 6.45) is 4.55. The predicted molar refractivity (Wildman–Crippen MR) is 82.2 cm³/mol. The SMILES string of the molecule is COc1c(C)cnc(CN(C)CC2CCCNC2)c1C. The van der Waals surface area contributed by atoms with Gasteiger partial charge in [0.25, 0.3) is 0 Å². The Bertz CT molecular complexity index is 442. The molecule has 1 unspecified atom stereocenters. The van der Waals surface area contributed by atoms with E-state index in [1.165, 1.54) is 24.9 Å². The minimum absolute atomic E-state index is 0.765. The summed E-state index contributed by atoms with van der Waals surface area (Å²) in [4.78, 5) is 6.96. The largest absolute Gasteiger partial charge is 0.496 e. The Morgan fingerprint density at radius 2 is 2.25 bits per heavy atom. The maximum atomic E-state index is 5.48. The fraction of sp³-hybridized carbons (Fsp3) is 0.688. The van der Waals surface area contributed by atoms with Crippen molar-refractivity contribution in [1.29, 1.82) is 0 Å². The Labute approximate surface area is 122 Å². The average Bonchev–Trinajstić information content (AvgIpc) is 2.44. The van der Waals surface area contributed by atoms with Crippen LogP contribution in [-0.4, -0.2) is 43.7 Å². The molecule has 2 rings (SSSR count). The van der Waals surface area contributed by atoms with Crippen LogP contribution in [0.25, 0.3) is 0 Å². The fourth-order valence-electron chi connectivity index (χ4n) is 3.07. The Morgan fingerprint density at radius 3 is 2.90 bits per heavy atom. The van der Waals surface area contributed by atoms with Gasteiger partial charge in [-0.05, 0) is 52.7 Å². The van der Waals surface area contributed by atoms with E-state index >= 15 is 0 Å². The summed E-state index contributed by atoms with van der Waals surface area (Å²) in [6.45, 7) is 8.48. The van der Waals surface area contributed by atoms with Gasteiger partial charge in [-0.3, -0.25) is 4.98 Å². The third kappa shape index (κ3) is 3.70. The number of aromatic nitrogens is 1. The van der Waals surface area contributed by atoms with Crippen molar-refractivity contribution in [3.05, 3.63) is 23.0 Å². The first kappa shape index (κ1) is 15.3. The molecule has 0 aromatic carbocycles. The minimum Gasteiger partial charge on any atom is -0.496 e. The molecule has 0 bridgehead atoms. The smallest absolute Gasteiger partial charge is 0.128 e. The summed E-state index contributed by atoms with van der Waals surface area (Å²) in [6, 6.07) is 0. The molecule has 1 aromatic rings. The second kappa shape index (κ2) is 7.04. The van der Waals surface area contributed by atoms with E-state index in [9.17, 15) is 0 Å². The van der Waals surface area contributed by atoms with Crippen LogP contribution >= 0.6 is 0 Å².